The number of benzene rings is 1. The maximum absolute atomic E-state index is 2.40. The van der Waals surface area contributed by atoms with Crippen molar-refractivity contribution in [3.63, 3.8) is 0 Å². The van der Waals surface area contributed by atoms with Crippen LogP contribution in [-0.4, -0.2) is 0 Å². The van der Waals surface area contributed by atoms with Crippen LogP contribution >= 0.6 is 0 Å². The lowest BCUT2D eigenvalue weighted by Crippen LogP contribution is -2.23. The molecule has 0 saturated carbocycles. The summed E-state index contributed by atoms with van der Waals surface area (Å²) < 4.78 is 0. The molecule has 0 radical (unpaired) electrons. The third kappa shape index (κ3) is 3.60. The molecule has 0 heteroatoms. The van der Waals surface area contributed by atoms with Gasteiger partial charge >= 0.3 is 0 Å². The van der Waals surface area contributed by atoms with E-state index in [-0.39, 0.29) is 5.41 Å². The minimum atomic E-state index is 0.249. The zero-order chi connectivity index (χ0) is 14.0. The summed E-state index contributed by atoms with van der Waals surface area (Å²) in [5.74, 6) is 0.747. The fourth-order valence-electron chi connectivity index (χ4n) is 2.74. The van der Waals surface area contributed by atoms with Crippen LogP contribution in [0.25, 0.3) is 0 Å². The van der Waals surface area contributed by atoms with E-state index in [4.69, 9.17) is 0 Å². The Bertz CT molecular complexity index is 364. The summed E-state index contributed by atoms with van der Waals surface area (Å²) in [6, 6.07) is 9.30. The molecular weight excluding hydrogens is 216 g/mol. The van der Waals surface area contributed by atoms with Crippen molar-refractivity contribution in [2.75, 3.05) is 0 Å². The van der Waals surface area contributed by atoms with Gasteiger partial charge in [-0.1, -0.05) is 72.7 Å². The summed E-state index contributed by atoms with van der Waals surface area (Å²) in [4.78, 5) is 0. The van der Waals surface area contributed by atoms with Gasteiger partial charge in [0, 0.05) is 0 Å². The summed E-state index contributed by atoms with van der Waals surface area (Å²) in [6.45, 7) is 16.2. The topological polar surface area (TPSA) is 0 Å². The minimum absolute atomic E-state index is 0.249. The highest BCUT2D eigenvalue weighted by atomic mass is 14.3. The Morgan fingerprint density at radius 1 is 0.889 bits per heavy atom. The van der Waals surface area contributed by atoms with E-state index in [1.165, 1.54) is 24.0 Å². The van der Waals surface area contributed by atoms with E-state index in [9.17, 15) is 0 Å². The van der Waals surface area contributed by atoms with Crippen LogP contribution in [0.5, 0.6) is 0 Å². The quantitative estimate of drug-likeness (QED) is 0.639. The molecule has 0 bridgehead atoms. The summed E-state index contributed by atoms with van der Waals surface area (Å²) in [7, 11) is 0. The van der Waals surface area contributed by atoms with Gasteiger partial charge in [0.2, 0.25) is 0 Å². The average Bonchev–Trinajstić information content (AvgIpc) is 2.27. The molecule has 1 atom stereocenters. The zero-order valence-corrected chi connectivity index (χ0v) is 13.3. The summed E-state index contributed by atoms with van der Waals surface area (Å²) >= 11 is 0. The van der Waals surface area contributed by atoms with Crippen LogP contribution in [0.1, 0.15) is 72.4 Å². The van der Waals surface area contributed by atoms with Crippen molar-refractivity contribution in [1.29, 1.82) is 0 Å². The molecule has 1 aromatic carbocycles. The summed E-state index contributed by atoms with van der Waals surface area (Å²) in [5.41, 5.74) is 3.49. The molecule has 0 aromatic heterocycles. The molecule has 0 saturated heterocycles. The van der Waals surface area contributed by atoms with Crippen LogP contribution in [0, 0.1) is 5.92 Å². The Hall–Kier alpha value is -0.780. The Labute approximate surface area is 114 Å². The van der Waals surface area contributed by atoms with Gasteiger partial charge in [-0.25, -0.2) is 0 Å². The predicted octanol–water partition coefficient (Wildman–Crippen LogP) is 5.70. The van der Waals surface area contributed by atoms with Gasteiger partial charge in [-0.15, -0.1) is 0 Å². The molecule has 0 nitrogen and oxygen atoms in total. The van der Waals surface area contributed by atoms with Crippen molar-refractivity contribution in [2.45, 2.75) is 72.1 Å². The van der Waals surface area contributed by atoms with Crippen LogP contribution in [0.3, 0.4) is 0 Å². The first kappa shape index (κ1) is 15.3. The van der Waals surface area contributed by atoms with Gasteiger partial charge in [-0.2, -0.15) is 0 Å². The van der Waals surface area contributed by atoms with E-state index < -0.39 is 0 Å². The van der Waals surface area contributed by atoms with Gasteiger partial charge in [0.25, 0.3) is 0 Å². The predicted molar refractivity (Wildman–Crippen MR) is 82.2 cm³/mol. The van der Waals surface area contributed by atoms with Crippen molar-refractivity contribution in [2.24, 2.45) is 5.92 Å². The largest absolute Gasteiger partial charge is 0.0645 e. The van der Waals surface area contributed by atoms with Crippen LogP contribution < -0.4 is 0 Å². The number of rotatable bonds is 4. The molecule has 18 heavy (non-hydrogen) atoms. The second-order valence-corrected chi connectivity index (χ2v) is 7.34. The molecule has 0 aliphatic heterocycles. The minimum Gasteiger partial charge on any atom is -0.0645 e. The third-order valence-electron chi connectivity index (χ3n) is 4.09. The van der Waals surface area contributed by atoms with Crippen molar-refractivity contribution in [1.82, 2.24) is 0 Å². The van der Waals surface area contributed by atoms with Crippen molar-refractivity contribution >= 4 is 0 Å². The standard InChI is InChI=1S/C18H30/c1-8-18(7,13-14(2)3)16-11-9-15(10-12-16)17(4,5)6/h9-12,14H,8,13H2,1-7H3. The molecule has 0 aliphatic carbocycles. The van der Waals surface area contributed by atoms with E-state index in [1.807, 2.05) is 0 Å². The Kier molecular flexibility index (Phi) is 4.64. The first-order chi connectivity index (χ1) is 8.19. The molecule has 0 fully saturated rings. The van der Waals surface area contributed by atoms with Crippen LogP contribution in [-0.2, 0) is 10.8 Å². The lowest BCUT2D eigenvalue weighted by molar-refractivity contribution is 0.357. The molecule has 0 spiro atoms. The van der Waals surface area contributed by atoms with Gasteiger partial charge in [0.15, 0.2) is 0 Å². The van der Waals surface area contributed by atoms with Gasteiger partial charge in [0.1, 0.15) is 0 Å². The fourth-order valence-corrected chi connectivity index (χ4v) is 2.74. The lowest BCUT2D eigenvalue weighted by Gasteiger charge is -2.31. The van der Waals surface area contributed by atoms with E-state index >= 15 is 0 Å². The van der Waals surface area contributed by atoms with Crippen LogP contribution in [0.2, 0.25) is 0 Å². The van der Waals surface area contributed by atoms with Gasteiger partial charge < -0.3 is 0 Å². The van der Waals surface area contributed by atoms with Gasteiger partial charge in [-0.05, 0) is 40.7 Å². The second-order valence-electron chi connectivity index (χ2n) is 7.34. The smallest absolute Gasteiger partial charge is 0.00754 e. The van der Waals surface area contributed by atoms with Gasteiger partial charge in [0.05, 0.1) is 0 Å². The maximum Gasteiger partial charge on any atom is -0.00754 e. The fraction of sp³-hybridized carbons (Fsp3) is 0.667. The van der Waals surface area contributed by atoms with Crippen LogP contribution in [0.4, 0.5) is 0 Å². The normalized spacial score (nSPS) is 15.8. The number of hydrogen-bond donors (Lipinski definition) is 0. The first-order valence-corrected chi connectivity index (χ1v) is 7.30. The molecule has 0 heterocycles. The molecule has 102 valence electrons. The highest BCUT2D eigenvalue weighted by molar-refractivity contribution is 5.31. The molecular formula is C18H30. The van der Waals surface area contributed by atoms with E-state index in [2.05, 4.69) is 72.7 Å². The van der Waals surface area contributed by atoms with Crippen LogP contribution in [0.15, 0.2) is 24.3 Å². The number of hydrogen-bond acceptors (Lipinski definition) is 0. The highest BCUT2D eigenvalue weighted by Gasteiger charge is 2.26. The second kappa shape index (κ2) is 5.47. The van der Waals surface area contributed by atoms with E-state index in [1.54, 1.807) is 0 Å². The maximum atomic E-state index is 2.40. The molecule has 1 aromatic rings. The molecule has 1 rings (SSSR count). The van der Waals surface area contributed by atoms with Crippen molar-refractivity contribution in [3.8, 4) is 0 Å². The van der Waals surface area contributed by atoms with Gasteiger partial charge in [-0.3, -0.25) is 0 Å². The highest BCUT2D eigenvalue weighted by Crippen LogP contribution is 2.35. The Morgan fingerprint density at radius 2 is 1.33 bits per heavy atom. The third-order valence-corrected chi connectivity index (χ3v) is 4.09. The Morgan fingerprint density at radius 3 is 1.67 bits per heavy atom. The zero-order valence-electron chi connectivity index (χ0n) is 13.3. The van der Waals surface area contributed by atoms with E-state index in [0.29, 0.717) is 5.41 Å². The van der Waals surface area contributed by atoms with E-state index in [0.717, 1.165) is 5.92 Å². The molecule has 0 amide bonds. The van der Waals surface area contributed by atoms with Crippen molar-refractivity contribution in [3.05, 3.63) is 35.4 Å². The summed E-state index contributed by atoms with van der Waals surface area (Å²) in [5, 5.41) is 0. The first-order valence-electron chi connectivity index (χ1n) is 7.30. The Balaban J connectivity index is 3.02. The average molecular weight is 246 g/mol. The molecule has 0 aliphatic rings. The monoisotopic (exact) mass is 246 g/mol. The lowest BCUT2D eigenvalue weighted by atomic mass is 9.73. The summed E-state index contributed by atoms with van der Waals surface area (Å²) in [6.07, 6.45) is 2.47. The molecule has 0 N–H and O–H groups in total. The van der Waals surface area contributed by atoms with Crippen molar-refractivity contribution < 1.29 is 0 Å². The SMILES string of the molecule is CCC(C)(CC(C)C)c1ccc(C(C)(C)C)cc1. The molecule has 1 unspecified atom stereocenters.